The zero-order valence-corrected chi connectivity index (χ0v) is 17.4. The Morgan fingerprint density at radius 1 is 1.21 bits per heavy atom. The van der Waals surface area contributed by atoms with E-state index in [1.807, 2.05) is 6.07 Å². The number of hydrogen-bond donors (Lipinski definition) is 2. The molecule has 1 aliphatic rings. The predicted octanol–water partition coefficient (Wildman–Crippen LogP) is 3.62. The summed E-state index contributed by atoms with van der Waals surface area (Å²) in [6.07, 6.45) is 4.44. The van der Waals surface area contributed by atoms with Gasteiger partial charge in [0.05, 0.1) is 12.4 Å². The van der Waals surface area contributed by atoms with Crippen molar-refractivity contribution in [2.45, 2.75) is 43.3 Å². The molecule has 0 aliphatic heterocycles. The van der Waals surface area contributed by atoms with Crippen molar-refractivity contribution in [3.63, 3.8) is 0 Å². The monoisotopic (exact) mass is 432 g/mol. The maximum Gasteiger partial charge on any atom is 0.364 e. The van der Waals surface area contributed by atoms with Crippen LogP contribution in [0.25, 0.3) is 5.65 Å². The van der Waals surface area contributed by atoms with Crippen LogP contribution in [0.3, 0.4) is 0 Å². The normalized spacial score (nSPS) is 16.1. The van der Waals surface area contributed by atoms with E-state index in [0.717, 1.165) is 32.1 Å². The van der Waals surface area contributed by atoms with Crippen LogP contribution < -0.4 is 4.74 Å². The van der Waals surface area contributed by atoms with Crippen molar-refractivity contribution in [2.24, 2.45) is 0 Å². The first-order valence-corrected chi connectivity index (χ1v) is 10.5. The van der Waals surface area contributed by atoms with Gasteiger partial charge in [-0.2, -0.15) is 22.2 Å². The van der Waals surface area contributed by atoms with Gasteiger partial charge < -0.3 is 9.84 Å². The van der Waals surface area contributed by atoms with Gasteiger partial charge in [-0.05, 0) is 36.6 Å². The molecule has 4 rings (SSSR count). The Morgan fingerprint density at radius 3 is 2.59 bits per heavy atom. The number of nitrogens with zero attached hydrogens (tertiary/aromatic N) is 4. The predicted molar refractivity (Wildman–Crippen MR) is 112 cm³/mol. The summed E-state index contributed by atoms with van der Waals surface area (Å²) in [5, 5.41) is 14.9. The van der Waals surface area contributed by atoms with Crippen molar-refractivity contribution in [3.05, 3.63) is 52.7 Å². The van der Waals surface area contributed by atoms with Crippen LogP contribution in [0, 0.1) is 0 Å². The van der Waals surface area contributed by atoms with E-state index in [-0.39, 0.29) is 23.3 Å². The second-order valence-corrected chi connectivity index (χ2v) is 7.88. The molecule has 0 spiro atoms. The molecule has 0 atom stereocenters. The second kappa shape index (κ2) is 8.30. The fraction of sp³-hybridized carbons (Fsp3) is 0.400. The molecule has 152 valence electrons. The van der Waals surface area contributed by atoms with Crippen molar-refractivity contribution in [3.8, 4) is 5.75 Å². The largest absolute Gasteiger partial charge is 0.422 e. The summed E-state index contributed by atoms with van der Waals surface area (Å²) in [6.45, 7) is -0.113. The maximum atomic E-state index is 13.1. The standard InChI is InChI=1S/C20H21ClN4O3S/c21-19-23-14(11-29)22-17-15(20(12-26)9-5-2-6-10-20)16(24-25(17)19)18(27)28-13-7-3-1-4-8-13/h1,3-4,7-8,26,29H,2,5-6,9-12H2. The van der Waals surface area contributed by atoms with Gasteiger partial charge in [-0.15, -0.1) is 0 Å². The first-order valence-electron chi connectivity index (χ1n) is 9.52. The van der Waals surface area contributed by atoms with Gasteiger partial charge in [0.2, 0.25) is 5.28 Å². The molecule has 0 radical (unpaired) electrons. The summed E-state index contributed by atoms with van der Waals surface area (Å²) in [5.74, 6) is 0.518. The Bertz CT molecular complexity index is 1040. The number of esters is 1. The van der Waals surface area contributed by atoms with Gasteiger partial charge in [0.1, 0.15) is 11.6 Å². The minimum Gasteiger partial charge on any atom is -0.422 e. The molecule has 1 aromatic carbocycles. The summed E-state index contributed by atoms with van der Waals surface area (Å²) in [5.41, 5.74) is 0.478. The van der Waals surface area contributed by atoms with Gasteiger partial charge in [0, 0.05) is 11.0 Å². The van der Waals surface area contributed by atoms with Crippen LogP contribution in [0.1, 0.15) is 54.0 Å². The maximum absolute atomic E-state index is 13.1. The Balaban J connectivity index is 1.91. The number of fused-ring (bicyclic) bond motifs is 1. The minimum atomic E-state index is -0.628. The van der Waals surface area contributed by atoms with E-state index in [0.29, 0.717) is 22.8 Å². The molecular formula is C20H21ClN4O3S. The van der Waals surface area contributed by atoms with Crippen molar-refractivity contribution in [1.29, 1.82) is 0 Å². The van der Waals surface area contributed by atoms with E-state index in [9.17, 15) is 9.90 Å². The van der Waals surface area contributed by atoms with E-state index in [1.165, 1.54) is 4.52 Å². The smallest absolute Gasteiger partial charge is 0.364 e. The average molecular weight is 433 g/mol. The minimum absolute atomic E-state index is 0.0861. The molecule has 1 saturated carbocycles. The van der Waals surface area contributed by atoms with Crippen LogP contribution in [0.5, 0.6) is 5.75 Å². The van der Waals surface area contributed by atoms with E-state index in [2.05, 4.69) is 27.7 Å². The molecule has 1 N–H and O–H groups in total. The fourth-order valence-electron chi connectivity index (χ4n) is 4.00. The zero-order chi connectivity index (χ0) is 20.4. The molecule has 3 aromatic rings. The number of carbonyl (C=O) groups excluding carboxylic acids is 1. The number of halogens is 1. The van der Waals surface area contributed by atoms with E-state index in [4.69, 9.17) is 16.3 Å². The number of thiol groups is 1. The van der Waals surface area contributed by atoms with Crippen LogP contribution in [0.15, 0.2) is 30.3 Å². The topological polar surface area (TPSA) is 89.6 Å². The molecule has 0 bridgehead atoms. The van der Waals surface area contributed by atoms with Gasteiger partial charge in [0.25, 0.3) is 0 Å². The molecule has 0 unspecified atom stereocenters. The summed E-state index contributed by atoms with van der Waals surface area (Å²) < 4.78 is 6.89. The number of benzene rings is 1. The molecule has 2 aromatic heterocycles. The number of ether oxygens (including phenoxy) is 1. The molecule has 29 heavy (non-hydrogen) atoms. The highest BCUT2D eigenvalue weighted by molar-refractivity contribution is 7.79. The third-order valence-electron chi connectivity index (χ3n) is 5.42. The van der Waals surface area contributed by atoms with Gasteiger partial charge in [-0.3, -0.25) is 0 Å². The number of rotatable bonds is 5. The number of aliphatic hydroxyl groups excluding tert-OH is 1. The first kappa shape index (κ1) is 20.1. The van der Waals surface area contributed by atoms with Gasteiger partial charge >= 0.3 is 5.97 Å². The quantitative estimate of drug-likeness (QED) is 0.363. The van der Waals surface area contributed by atoms with Crippen molar-refractivity contribution in [2.75, 3.05) is 6.61 Å². The van der Waals surface area contributed by atoms with Crippen LogP contribution in [-0.2, 0) is 11.2 Å². The molecule has 1 aliphatic carbocycles. The van der Waals surface area contributed by atoms with Gasteiger partial charge in [0.15, 0.2) is 11.3 Å². The van der Waals surface area contributed by atoms with Crippen LogP contribution in [0.4, 0.5) is 0 Å². The number of para-hydroxylation sites is 1. The van der Waals surface area contributed by atoms with Crippen LogP contribution >= 0.6 is 24.2 Å². The van der Waals surface area contributed by atoms with Gasteiger partial charge in [-0.25, -0.2) is 14.8 Å². The highest BCUT2D eigenvalue weighted by Crippen LogP contribution is 2.42. The lowest BCUT2D eigenvalue weighted by Gasteiger charge is -2.35. The van der Waals surface area contributed by atoms with Gasteiger partial charge in [-0.1, -0.05) is 37.5 Å². The van der Waals surface area contributed by atoms with E-state index >= 15 is 0 Å². The Labute approximate surface area is 178 Å². The molecule has 0 amide bonds. The third kappa shape index (κ3) is 3.72. The molecule has 7 nitrogen and oxygen atoms in total. The second-order valence-electron chi connectivity index (χ2n) is 7.23. The molecule has 2 heterocycles. The van der Waals surface area contributed by atoms with Crippen molar-refractivity contribution in [1.82, 2.24) is 19.6 Å². The zero-order valence-electron chi connectivity index (χ0n) is 15.7. The van der Waals surface area contributed by atoms with Crippen LogP contribution in [0.2, 0.25) is 5.28 Å². The molecule has 0 saturated heterocycles. The Morgan fingerprint density at radius 2 is 1.93 bits per heavy atom. The molecular weight excluding hydrogens is 412 g/mol. The van der Waals surface area contributed by atoms with Crippen molar-refractivity contribution < 1.29 is 14.6 Å². The van der Waals surface area contributed by atoms with E-state index in [1.54, 1.807) is 24.3 Å². The lowest BCUT2D eigenvalue weighted by Crippen LogP contribution is -2.35. The van der Waals surface area contributed by atoms with Crippen molar-refractivity contribution >= 4 is 35.8 Å². The summed E-state index contributed by atoms with van der Waals surface area (Å²) in [4.78, 5) is 21.8. The number of hydrogen-bond acceptors (Lipinski definition) is 7. The first-order chi connectivity index (χ1) is 14.1. The van der Waals surface area contributed by atoms with Crippen LogP contribution in [-0.4, -0.2) is 37.3 Å². The third-order valence-corrected chi connectivity index (χ3v) is 5.95. The van der Waals surface area contributed by atoms with E-state index < -0.39 is 11.4 Å². The number of aliphatic hydroxyl groups is 1. The SMILES string of the molecule is O=C(Oc1ccccc1)c1nn2c(Cl)nc(CS)nc2c1C1(CO)CCCCC1. The summed E-state index contributed by atoms with van der Waals surface area (Å²) >= 11 is 10.6. The fourth-order valence-corrected chi connectivity index (χ4v) is 4.36. The Hall–Kier alpha value is -2.16. The lowest BCUT2D eigenvalue weighted by atomic mass is 9.69. The summed E-state index contributed by atoms with van der Waals surface area (Å²) in [7, 11) is 0. The lowest BCUT2D eigenvalue weighted by molar-refractivity contribution is 0.0720. The highest BCUT2D eigenvalue weighted by atomic mass is 35.5. The molecule has 1 fully saturated rings. The summed E-state index contributed by atoms with van der Waals surface area (Å²) in [6, 6.07) is 8.80. The Kier molecular flexibility index (Phi) is 5.76. The average Bonchev–Trinajstić information content (AvgIpc) is 3.16. The number of aromatic nitrogens is 4. The molecule has 9 heteroatoms. The number of carbonyl (C=O) groups is 1. The highest BCUT2D eigenvalue weighted by Gasteiger charge is 2.41.